The van der Waals surface area contributed by atoms with Crippen LogP contribution in [0, 0.1) is 0 Å². The van der Waals surface area contributed by atoms with Crippen LogP contribution in [0.2, 0.25) is 0 Å². The van der Waals surface area contributed by atoms with E-state index in [1.54, 1.807) is 60.7 Å². The topological polar surface area (TPSA) is 511 Å². The fourth-order valence-electron chi connectivity index (χ4n) is 10.6. The van der Waals surface area contributed by atoms with Crippen LogP contribution < -0.4 is 66.3 Å². The fourth-order valence-corrected chi connectivity index (χ4v) is 10.6. The molecule has 31 heteroatoms. The van der Waals surface area contributed by atoms with Gasteiger partial charge in [-0.25, -0.2) is 4.79 Å². The van der Waals surface area contributed by atoms with Gasteiger partial charge < -0.3 is 96.3 Å². The van der Waals surface area contributed by atoms with Crippen LogP contribution in [-0.4, -0.2) is 214 Å². The smallest absolute Gasteiger partial charge is 0.326 e. The molecular weight excluding hydrogens is 1160 g/mol. The molecule has 3 saturated heterocycles. The summed E-state index contributed by atoms with van der Waals surface area (Å²) in [5.41, 5.74) is 34.7. The summed E-state index contributed by atoms with van der Waals surface area (Å²) in [4.78, 5) is 159. The van der Waals surface area contributed by atoms with Gasteiger partial charge in [-0.15, -0.1) is 0 Å². The third kappa shape index (κ3) is 24.3. The summed E-state index contributed by atoms with van der Waals surface area (Å²) in [5.74, 6) is -8.69. The van der Waals surface area contributed by atoms with Crippen LogP contribution in [0.25, 0.3) is 0 Å². The maximum Gasteiger partial charge on any atom is 0.326 e. The van der Waals surface area contributed by atoms with Gasteiger partial charge in [-0.3, -0.25) is 57.9 Å². The number of guanidine groups is 2. The van der Waals surface area contributed by atoms with E-state index >= 15 is 0 Å². The molecule has 3 aliphatic heterocycles. The Morgan fingerprint density at radius 1 is 0.551 bits per heavy atom. The lowest BCUT2D eigenvalue weighted by Crippen LogP contribution is -2.60. The number of hydrogen-bond donors (Lipinski definition) is 15. The van der Waals surface area contributed by atoms with Crippen molar-refractivity contribution in [3.63, 3.8) is 0 Å². The Labute approximate surface area is 516 Å². The van der Waals surface area contributed by atoms with E-state index in [-0.39, 0.29) is 89.6 Å². The van der Waals surface area contributed by atoms with E-state index in [0.717, 1.165) is 6.92 Å². The number of aliphatic imine (C=N–C) groups is 2. The molecule has 490 valence electrons. The molecule has 5 rings (SSSR count). The zero-order valence-electron chi connectivity index (χ0n) is 50.3. The first-order valence-electron chi connectivity index (χ1n) is 29.8. The molecule has 0 bridgehead atoms. The molecule has 0 saturated carbocycles. The van der Waals surface area contributed by atoms with Gasteiger partial charge in [0.05, 0.1) is 19.2 Å². The van der Waals surface area contributed by atoms with Gasteiger partial charge in [0.1, 0.15) is 48.3 Å². The van der Waals surface area contributed by atoms with E-state index in [2.05, 4.69) is 41.9 Å². The lowest BCUT2D eigenvalue weighted by atomic mass is 10.0. The predicted octanol–water partition coefficient (Wildman–Crippen LogP) is -4.28. The lowest BCUT2D eigenvalue weighted by Gasteiger charge is -2.33. The number of carbonyl (C=O) groups excluding carboxylic acids is 9. The van der Waals surface area contributed by atoms with Gasteiger partial charge in [0, 0.05) is 52.5 Å². The Morgan fingerprint density at radius 2 is 1.00 bits per heavy atom. The van der Waals surface area contributed by atoms with Crippen molar-refractivity contribution in [2.75, 3.05) is 52.4 Å². The molecule has 2 aromatic rings. The maximum absolute atomic E-state index is 14.3. The van der Waals surface area contributed by atoms with Crippen molar-refractivity contribution in [3.05, 3.63) is 71.8 Å². The zero-order chi connectivity index (χ0) is 65.6. The number of carbonyl (C=O) groups is 11. The minimum Gasteiger partial charge on any atom is -0.481 e. The molecule has 0 aromatic heterocycles. The number of aliphatic hydroxyl groups excluding tert-OH is 1. The molecule has 0 unspecified atom stereocenters. The molecule has 21 N–H and O–H groups in total. The largest absolute Gasteiger partial charge is 0.481 e. The zero-order valence-corrected chi connectivity index (χ0v) is 50.3. The summed E-state index contributed by atoms with van der Waals surface area (Å²) < 4.78 is 0. The van der Waals surface area contributed by atoms with E-state index < -0.39 is 133 Å². The minimum absolute atomic E-state index is 0.0304. The Balaban J connectivity index is 0.00000410. The highest BCUT2D eigenvalue weighted by molar-refractivity contribution is 5.98. The molecular formula is C58H89N17O14. The number of rotatable bonds is 33. The Kier molecular flexibility index (Phi) is 30.7. The van der Waals surface area contributed by atoms with Crippen molar-refractivity contribution in [2.24, 2.45) is 44.4 Å². The number of amides is 9. The SMILES string of the molecule is CC(=O)O.NCCCC[C@H](N)C(=O)N[C@@H](CCCN=C(N)N)C(=O)N1CCC[C@H]1C(=O)N1CCC[C@H]1C(=O)NCC(=O)N[C@@H](Cc1ccccc1)C(=O)N[C@@H](CO)C(=O)N1CCC[C@H]1C(=O)N[C@@H](Cc1ccccc1)C(=O)N[C@@H](CCCN=C(N)N)C(=O)O. The standard InChI is InChI=1S/C56H85N17O12.C2H4O2/c57-24-8-7-18-36(58)46(76)67-37(19-9-25-63-55(59)60)51(81)73-29-13-23-44(73)53(83)72-28-11-21-42(72)49(79)65-32-45(75)66-39(30-34-14-3-1-4-15-34)47(77)70-41(33-74)52(82)71-27-12-22-43(71)50(80)69-40(31-35-16-5-2-6-17-35)48(78)68-38(54(84)85)20-10-26-64-56(61)62;1-2(3)4/h1-6,14-17,36-44,74H,7-13,18-33,57-58H2,(H,65,79)(H,66,75)(H,67,76)(H,68,78)(H,69,80)(H,70,77)(H,84,85)(H4,59,60,63)(H4,61,62,64);1H3,(H,3,4)/t36-,37-,38-,39-,40-,41-,42-,43-,44-;/m0./s1. The van der Waals surface area contributed by atoms with Gasteiger partial charge in [0.25, 0.3) is 5.97 Å². The highest BCUT2D eigenvalue weighted by Gasteiger charge is 2.44. The molecule has 0 aliphatic carbocycles. The van der Waals surface area contributed by atoms with Crippen molar-refractivity contribution in [3.8, 4) is 0 Å². The van der Waals surface area contributed by atoms with Crippen LogP contribution in [0.4, 0.5) is 0 Å². The highest BCUT2D eigenvalue weighted by atomic mass is 16.4. The van der Waals surface area contributed by atoms with Crippen molar-refractivity contribution in [1.82, 2.24) is 46.6 Å². The predicted molar refractivity (Wildman–Crippen MR) is 326 cm³/mol. The monoisotopic (exact) mass is 1250 g/mol. The highest BCUT2D eigenvalue weighted by Crippen LogP contribution is 2.27. The molecule has 2 aromatic carbocycles. The first-order chi connectivity index (χ1) is 42.4. The molecule has 89 heavy (non-hydrogen) atoms. The number of likely N-dealkylation sites (tertiary alicyclic amines) is 3. The Bertz CT molecular complexity index is 2770. The maximum atomic E-state index is 14.3. The third-order valence-corrected chi connectivity index (χ3v) is 15.0. The number of aliphatic carboxylic acids is 2. The summed E-state index contributed by atoms with van der Waals surface area (Å²) in [6.07, 6.45) is 4.09. The molecule has 0 radical (unpaired) electrons. The van der Waals surface area contributed by atoms with Crippen LogP contribution in [-0.2, 0) is 65.6 Å². The molecule has 31 nitrogen and oxygen atoms in total. The fraction of sp³-hybridized carbons (Fsp3) is 0.569. The summed E-state index contributed by atoms with van der Waals surface area (Å²) in [6, 6.07) is 6.55. The average Bonchev–Trinajstić information content (AvgIpc) is 1.99. The molecule has 3 fully saturated rings. The number of nitrogens with two attached hydrogens (primary N) is 6. The quantitative estimate of drug-likeness (QED) is 0.0183. The van der Waals surface area contributed by atoms with Crippen LogP contribution >= 0.6 is 0 Å². The van der Waals surface area contributed by atoms with Crippen LogP contribution in [0.3, 0.4) is 0 Å². The number of hydrogen-bond acceptors (Lipinski definition) is 16. The van der Waals surface area contributed by atoms with E-state index in [1.807, 2.05) is 0 Å². The van der Waals surface area contributed by atoms with Crippen LogP contribution in [0.5, 0.6) is 0 Å². The van der Waals surface area contributed by atoms with E-state index in [1.165, 1.54) is 14.7 Å². The molecule has 9 amide bonds. The normalized spacial score (nSPS) is 18.0. The lowest BCUT2D eigenvalue weighted by molar-refractivity contribution is -0.148. The van der Waals surface area contributed by atoms with E-state index in [4.69, 9.17) is 44.3 Å². The van der Waals surface area contributed by atoms with Gasteiger partial charge in [-0.05, 0) is 94.7 Å². The van der Waals surface area contributed by atoms with Gasteiger partial charge in [0.2, 0.25) is 53.2 Å². The van der Waals surface area contributed by atoms with Gasteiger partial charge >= 0.3 is 5.97 Å². The van der Waals surface area contributed by atoms with Gasteiger partial charge in [-0.2, -0.15) is 0 Å². The summed E-state index contributed by atoms with van der Waals surface area (Å²) in [6.45, 7) is 0.708. The number of aliphatic hydroxyl groups is 1. The van der Waals surface area contributed by atoms with Crippen molar-refractivity contribution < 1.29 is 68.1 Å². The first-order valence-corrected chi connectivity index (χ1v) is 29.8. The number of benzene rings is 2. The van der Waals surface area contributed by atoms with E-state index in [0.29, 0.717) is 69.0 Å². The summed E-state index contributed by atoms with van der Waals surface area (Å²) >= 11 is 0. The third-order valence-electron chi connectivity index (χ3n) is 15.0. The second kappa shape index (κ2) is 37.7. The molecule has 3 aliphatic rings. The van der Waals surface area contributed by atoms with Gasteiger partial charge in [0.15, 0.2) is 11.9 Å². The van der Waals surface area contributed by atoms with E-state index in [9.17, 15) is 58.2 Å². The van der Waals surface area contributed by atoms with Crippen LogP contribution in [0.1, 0.15) is 102 Å². The number of nitrogens with zero attached hydrogens (tertiary/aromatic N) is 5. The Morgan fingerprint density at radius 3 is 1.51 bits per heavy atom. The van der Waals surface area contributed by atoms with Crippen molar-refractivity contribution in [2.45, 2.75) is 158 Å². The second-order valence-electron chi connectivity index (χ2n) is 21.9. The second-order valence-corrected chi connectivity index (χ2v) is 21.9. The average molecular weight is 1250 g/mol. The number of nitrogens with one attached hydrogen (secondary N) is 6. The summed E-state index contributed by atoms with van der Waals surface area (Å²) in [7, 11) is 0. The Hall–Kier alpha value is -8.97. The summed E-state index contributed by atoms with van der Waals surface area (Å²) in [5, 5.41) is 43.6. The number of carboxylic acids is 2. The van der Waals surface area contributed by atoms with Crippen molar-refractivity contribution >= 4 is 77.0 Å². The first kappa shape index (κ1) is 72.5. The molecule has 3 heterocycles. The minimum atomic E-state index is -1.61. The molecule has 0 spiro atoms. The van der Waals surface area contributed by atoms with Crippen molar-refractivity contribution in [1.29, 1.82) is 0 Å². The number of unbranched alkanes of at least 4 members (excludes halogenated alkanes) is 1. The van der Waals surface area contributed by atoms with Crippen LogP contribution in [0.15, 0.2) is 70.6 Å². The van der Waals surface area contributed by atoms with Gasteiger partial charge in [-0.1, -0.05) is 67.1 Å². The molecule has 9 atom stereocenters. The number of carboxylic acid groups (broad SMARTS) is 2.